The number of aryl methyl sites for hydroxylation is 1. The Labute approximate surface area is 103 Å². The number of H-pyrrole nitrogens is 1. The van der Waals surface area contributed by atoms with Gasteiger partial charge in [0, 0.05) is 11.9 Å². The van der Waals surface area contributed by atoms with Gasteiger partial charge in [0.15, 0.2) is 0 Å². The summed E-state index contributed by atoms with van der Waals surface area (Å²) in [6.07, 6.45) is 2.49. The fourth-order valence-electron chi connectivity index (χ4n) is 2.26. The van der Waals surface area contributed by atoms with E-state index in [1.807, 2.05) is 24.3 Å². The lowest BCUT2D eigenvalue weighted by molar-refractivity contribution is 0.648. The van der Waals surface area contributed by atoms with E-state index in [4.69, 9.17) is 5.73 Å². The van der Waals surface area contributed by atoms with Crippen molar-refractivity contribution in [1.29, 1.82) is 0 Å². The Morgan fingerprint density at radius 3 is 3.00 bits per heavy atom. The molecule has 0 aliphatic carbocycles. The smallest absolute Gasteiger partial charge is 0.326 e. The standard InChI is InChI=1S/C13H14N4O/c14-6-3-7-17-12-9-4-1-2-5-10(9)15-8-11(12)16-13(17)18/h1-2,4-5,8H,3,6-7,14H2,(H,16,18). The molecule has 0 amide bonds. The van der Waals surface area contributed by atoms with E-state index in [1.54, 1.807) is 10.8 Å². The molecule has 3 N–H and O–H groups in total. The number of para-hydroxylation sites is 1. The SMILES string of the molecule is NCCCn1c(=O)[nH]c2cnc3ccccc3c21. The van der Waals surface area contributed by atoms with Crippen LogP contribution in [0.15, 0.2) is 35.3 Å². The zero-order valence-electron chi connectivity index (χ0n) is 9.89. The molecule has 0 aliphatic heterocycles. The van der Waals surface area contributed by atoms with Gasteiger partial charge in [-0.2, -0.15) is 0 Å². The van der Waals surface area contributed by atoms with Gasteiger partial charge in [0.05, 0.1) is 22.7 Å². The van der Waals surface area contributed by atoms with Crippen molar-refractivity contribution in [2.75, 3.05) is 6.54 Å². The van der Waals surface area contributed by atoms with Crippen LogP contribution in [0.3, 0.4) is 0 Å². The van der Waals surface area contributed by atoms with Gasteiger partial charge in [-0.1, -0.05) is 18.2 Å². The Kier molecular flexibility index (Phi) is 2.60. The summed E-state index contributed by atoms with van der Waals surface area (Å²) >= 11 is 0. The zero-order chi connectivity index (χ0) is 12.5. The summed E-state index contributed by atoms with van der Waals surface area (Å²) in [6.45, 7) is 1.20. The van der Waals surface area contributed by atoms with Crippen molar-refractivity contribution < 1.29 is 0 Å². The van der Waals surface area contributed by atoms with Crippen molar-refractivity contribution in [3.63, 3.8) is 0 Å². The van der Waals surface area contributed by atoms with Crippen LogP contribution in [0, 0.1) is 0 Å². The largest absolute Gasteiger partial charge is 0.330 e. The van der Waals surface area contributed by atoms with Crippen LogP contribution < -0.4 is 11.4 Å². The van der Waals surface area contributed by atoms with Crippen LogP contribution >= 0.6 is 0 Å². The topological polar surface area (TPSA) is 76.7 Å². The first-order chi connectivity index (χ1) is 8.81. The number of nitrogens with two attached hydrogens (primary N) is 1. The van der Waals surface area contributed by atoms with Crippen LogP contribution in [-0.4, -0.2) is 21.1 Å². The van der Waals surface area contributed by atoms with Gasteiger partial charge >= 0.3 is 5.69 Å². The molecule has 5 nitrogen and oxygen atoms in total. The molecule has 2 aromatic heterocycles. The van der Waals surface area contributed by atoms with E-state index in [-0.39, 0.29) is 5.69 Å². The maximum Gasteiger partial charge on any atom is 0.326 e. The van der Waals surface area contributed by atoms with E-state index in [1.165, 1.54) is 0 Å². The van der Waals surface area contributed by atoms with Crippen molar-refractivity contribution >= 4 is 21.9 Å². The molecular weight excluding hydrogens is 228 g/mol. The van der Waals surface area contributed by atoms with Gasteiger partial charge < -0.3 is 10.7 Å². The molecule has 3 aromatic rings. The first-order valence-electron chi connectivity index (χ1n) is 5.97. The number of benzene rings is 1. The van der Waals surface area contributed by atoms with E-state index in [0.29, 0.717) is 13.1 Å². The first kappa shape index (κ1) is 11.0. The van der Waals surface area contributed by atoms with E-state index >= 15 is 0 Å². The molecule has 2 heterocycles. The lowest BCUT2D eigenvalue weighted by Crippen LogP contribution is -2.18. The summed E-state index contributed by atoms with van der Waals surface area (Å²) in [4.78, 5) is 19.1. The molecule has 0 aliphatic rings. The molecule has 0 saturated carbocycles. The number of nitrogens with zero attached hydrogens (tertiary/aromatic N) is 2. The fraction of sp³-hybridized carbons (Fsp3) is 0.231. The van der Waals surface area contributed by atoms with Crippen molar-refractivity contribution in [3.05, 3.63) is 40.9 Å². The Bertz CT molecular complexity index is 756. The molecule has 1 aromatic carbocycles. The van der Waals surface area contributed by atoms with E-state index in [9.17, 15) is 4.79 Å². The van der Waals surface area contributed by atoms with Crippen LogP contribution in [-0.2, 0) is 6.54 Å². The molecule has 92 valence electrons. The monoisotopic (exact) mass is 242 g/mol. The number of hydrogen-bond donors (Lipinski definition) is 2. The van der Waals surface area contributed by atoms with Crippen molar-refractivity contribution in [2.24, 2.45) is 5.73 Å². The highest BCUT2D eigenvalue weighted by Crippen LogP contribution is 2.21. The fourth-order valence-corrected chi connectivity index (χ4v) is 2.26. The van der Waals surface area contributed by atoms with Crippen LogP contribution in [0.1, 0.15) is 6.42 Å². The predicted octanol–water partition coefficient (Wildman–Crippen LogP) is 1.23. The van der Waals surface area contributed by atoms with E-state index in [0.717, 1.165) is 28.4 Å². The second kappa shape index (κ2) is 4.27. The summed E-state index contributed by atoms with van der Waals surface area (Å²) in [5.74, 6) is 0. The molecule has 0 saturated heterocycles. The molecule has 18 heavy (non-hydrogen) atoms. The number of nitrogens with one attached hydrogen (secondary N) is 1. The van der Waals surface area contributed by atoms with Crippen LogP contribution in [0.4, 0.5) is 0 Å². The third-order valence-electron chi connectivity index (χ3n) is 3.09. The Balaban J connectivity index is 2.36. The molecule has 0 fully saturated rings. The second-order valence-corrected chi connectivity index (χ2v) is 4.26. The van der Waals surface area contributed by atoms with Gasteiger partial charge in [-0.3, -0.25) is 9.55 Å². The number of fused-ring (bicyclic) bond motifs is 3. The highest BCUT2D eigenvalue weighted by atomic mass is 16.1. The third-order valence-corrected chi connectivity index (χ3v) is 3.09. The molecule has 0 radical (unpaired) electrons. The number of imidazole rings is 1. The first-order valence-corrected chi connectivity index (χ1v) is 5.97. The number of hydrogen-bond acceptors (Lipinski definition) is 3. The highest BCUT2D eigenvalue weighted by Gasteiger charge is 2.10. The maximum atomic E-state index is 11.9. The highest BCUT2D eigenvalue weighted by molar-refractivity contribution is 6.01. The van der Waals surface area contributed by atoms with Crippen LogP contribution in [0.2, 0.25) is 0 Å². The van der Waals surface area contributed by atoms with Crippen molar-refractivity contribution in [2.45, 2.75) is 13.0 Å². The molecule has 0 unspecified atom stereocenters. The van der Waals surface area contributed by atoms with Gasteiger partial charge in [0.25, 0.3) is 0 Å². The quantitative estimate of drug-likeness (QED) is 0.725. The van der Waals surface area contributed by atoms with Crippen molar-refractivity contribution in [3.8, 4) is 0 Å². The minimum absolute atomic E-state index is 0.100. The average Bonchev–Trinajstić information content (AvgIpc) is 2.72. The molecule has 0 bridgehead atoms. The Morgan fingerprint density at radius 2 is 2.17 bits per heavy atom. The Hall–Kier alpha value is -2.14. The maximum absolute atomic E-state index is 11.9. The number of pyridine rings is 1. The normalized spacial score (nSPS) is 11.4. The molecule has 0 spiro atoms. The van der Waals surface area contributed by atoms with Crippen LogP contribution in [0.5, 0.6) is 0 Å². The third kappa shape index (κ3) is 1.60. The van der Waals surface area contributed by atoms with E-state index in [2.05, 4.69) is 9.97 Å². The second-order valence-electron chi connectivity index (χ2n) is 4.26. The summed E-state index contributed by atoms with van der Waals surface area (Å²) in [6, 6.07) is 7.82. The number of aromatic amines is 1. The Morgan fingerprint density at radius 1 is 1.33 bits per heavy atom. The summed E-state index contributed by atoms with van der Waals surface area (Å²) in [7, 11) is 0. The van der Waals surface area contributed by atoms with Gasteiger partial charge in [0.2, 0.25) is 0 Å². The lowest BCUT2D eigenvalue weighted by Gasteiger charge is -2.04. The van der Waals surface area contributed by atoms with Gasteiger partial charge in [-0.05, 0) is 19.0 Å². The average molecular weight is 242 g/mol. The molecular formula is C13H14N4O. The summed E-state index contributed by atoms with van der Waals surface area (Å²) < 4.78 is 1.74. The van der Waals surface area contributed by atoms with Crippen LogP contribution in [0.25, 0.3) is 21.9 Å². The molecule has 0 atom stereocenters. The summed E-state index contributed by atoms with van der Waals surface area (Å²) in [5.41, 5.74) is 8.00. The van der Waals surface area contributed by atoms with Crippen molar-refractivity contribution in [1.82, 2.24) is 14.5 Å². The molecule has 5 heteroatoms. The van der Waals surface area contributed by atoms with Gasteiger partial charge in [0.1, 0.15) is 0 Å². The number of rotatable bonds is 3. The zero-order valence-corrected chi connectivity index (χ0v) is 9.89. The lowest BCUT2D eigenvalue weighted by atomic mass is 10.2. The minimum atomic E-state index is -0.100. The van der Waals surface area contributed by atoms with Gasteiger partial charge in [-0.15, -0.1) is 0 Å². The summed E-state index contributed by atoms with van der Waals surface area (Å²) in [5, 5.41) is 0.991. The molecule has 3 rings (SSSR count). The number of aromatic nitrogens is 3. The minimum Gasteiger partial charge on any atom is -0.330 e. The van der Waals surface area contributed by atoms with Gasteiger partial charge in [-0.25, -0.2) is 4.79 Å². The van der Waals surface area contributed by atoms with E-state index < -0.39 is 0 Å². The predicted molar refractivity (Wildman–Crippen MR) is 71.5 cm³/mol.